The Labute approximate surface area is 91.1 Å². The van der Waals surface area contributed by atoms with E-state index in [1.807, 2.05) is 35.9 Å². The van der Waals surface area contributed by atoms with Crippen LogP contribution >= 0.6 is 0 Å². The first-order valence-electron chi connectivity index (χ1n) is 4.98. The minimum Gasteiger partial charge on any atom is -0.477 e. The van der Waals surface area contributed by atoms with E-state index in [0.29, 0.717) is 0 Å². The van der Waals surface area contributed by atoms with Crippen molar-refractivity contribution >= 4 is 27.9 Å². The van der Waals surface area contributed by atoms with Gasteiger partial charge in [-0.25, -0.2) is 4.79 Å². The van der Waals surface area contributed by atoms with E-state index in [4.69, 9.17) is 5.11 Å². The summed E-state index contributed by atoms with van der Waals surface area (Å²) in [5.74, 6) is -0.930. The number of aryl methyl sites for hydroxylation is 1. The van der Waals surface area contributed by atoms with Crippen LogP contribution in [0.25, 0.3) is 21.9 Å². The molecule has 0 atom stereocenters. The second kappa shape index (κ2) is 2.88. The van der Waals surface area contributed by atoms with Gasteiger partial charge in [0.05, 0.1) is 0 Å². The maximum atomic E-state index is 10.9. The van der Waals surface area contributed by atoms with E-state index in [2.05, 4.69) is 4.98 Å². The summed E-state index contributed by atoms with van der Waals surface area (Å²) in [6, 6.07) is 9.62. The predicted octanol–water partition coefficient (Wildman–Crippen LogP) is 2.36. The molecule has 0 amide bonds. The Balaban J connectivity index is 2.49. The zero-order chi connectivity index (χ0) is 11.3. The lowest BCUT2D eigenvalue weighted by atomic mass is 10.2. The Hall–Kier alpha value is -2.23. The van der Waals surface area contributed by atoms with Gasteiger partial charge >= 0.3 is 5.97 Å². The minimum absolute atomic E-state index is 0.228. The number of aromatic amines is 1. The van der Waals surface area contributed by atoms with Gasteiger partial charge in [-0.2, -0.15) is 0 Å². The summed E-state index contributed by atoms with van der Waals surface area (Å²) in [5, 5.41) is 11.0. The van der Waals surface area contributed by atoms with E-state index >= 15 is 0 Å². The average Bonchev–Trinajstić information content (AvgIpc) is 2.81. The number of nitrogens with one attached hydrogen (secondary N) is 1. The fraction of sp³-hybridized carbons (Fsp3) is 0.0833. The molecular weight excluding hydrogens is 204 g/mol. The fourth-order valence-corrected chi connectivity index (χ4v) is 2.14. The Morgan fingerprint density at radius 1 is 1.31 bits per heavy atom. The van der Waals surface area contributed by atoms with Gasteiger partial charge in [0.15, 0.2) is 0 Å². The monoisotopic (exact) mass is 214 g/mol. The van der Waals surface area contributed by atoms with Gasteiger partial charge in [0.2, 0.25) is 0 Å². The molecule has 3 aromatic rings. The van der Waals surface area contributed by atoms with Crippen LogP contribution in [0.3, 0.4) is 0 Å². The van der Waals surface area contributed by atoms with Crippen molar-refractivity contribution in [2.24, 2.45) is 7.05 Å². The SMILES string of the molecule is Cn1c2ccccc2c2cc(C(=O)O)[nH]c21. The van der Waals surface area contributed by atoms with Crippen molar-refractivity contribution in [1.29, 1.82) is 0 Å². The van der Waals surface area contributed by atoms with E-state index in [-0.39, 0.29) is 5.69 Å². The van der Waals surface area contributed by atoms with Crippen LogP contribution in [-0.4, -0.2) is 20.6 Å². The van der Waals surface area contributed by atoms with Crippen molar-refractivity contribution in [2.45, 2.75) is 0 Å². The lowest BCUT2D eigenvalue weighted by molar-refractivity contribution is 0.0691. The van der Waals surface area contributed by atoms with Gasteiger partial charge in [0.25, 0.3) is 0 Å². The number of fused-ring (bicyclic) bond motifs is 3. The highest BCUT2D eigenvalue weighted by molar-refractivity contribution is 6.09. The molecule has 1 aromatic carbocycles. The number of hydrogen-bond donors (Lipinski definition) is 2. The van der Waals surface area contributed by atoms with Gasteiger partial charge in [0.1, 0.15) is 11.3 Å². The van der Waals surface area contributed by atoms with Crippen LogP contribution < -0.4 is 0 Å². The van der Waals surface area contributed by atoms with Gasteiger partial charge < -0.3 is 14.7 Å². The molecule has 80 valence electrons. The molecular formula is C12H10N2O2. The van der Waals surface area contributed by atoms with Gasteiger partial charge in [-0.3, -0.25) is 0 Å². The van der Waals surface area contributed by atoms with Crippen molar-refractivity contribution in [3.63, 3.8) is 0 Å². The Morgan fingerprint density at radius 2 is 2.06 bits per heavy atom. The molecule has 0 aliphatic rings. The van der Waals surface area contributed by atoms with Crippen molar-refractivity contribution in [1.82, 2.24) is 9.55 Å². The number of rotatable bonds is 1. The third-order valence-electron chi connectivity index (χ3n) is 2.92. The van der Waals surface area contributed by atoms with Crippen LogP contribution in [0, 0.1) is 0 Å². The summed E-state index contributed by atoms with van der Waals surface area (Å²) < 4.78 is 1.97. The van der Waals surface area contributed by atoms with E-state index in [0.717, 1.165) is 21.9 Å². The predicted molar refractivity (Wildman–Crippen MR) is 61.7 cm³/mol. The molecule has 16 heavy (non-hydrogen) atoms. The van der Waals surface area contributed by atoms with E-state index in [9.17, 15) is 4.79 Å². The number of aromatic nitrogens is 2. The molecule has 0 aliphatic heterocycles. The standard InChI is InChI=1S/C12H10N2O2/c1-14-10-5-3-2-4-7(10)8-6-9(12(15)16)13-11(8)14/h2-6,13H,1H3,(H,15,16). The number of hydrogen-bond acceptors (Lipinski definition) is 1. The Kier molecular flexibility index (Phi) is 1.63. The molecule has 2 aromatic heterocycles. The second-order valence-electron chi connectivity index (χ2n) is 3.83. The third kappa shape index (κ3) is 1.01. The topological polar surface area (TPSA) is 58.0 Å². The van der Waals surface area contributed by atoms with Crippen LogP contribution in [0.1, 0.15) is 10.5 Å². The molecule has 2 N–H and O–H groups in total. The van der Waals surface area contributed by atoms with Gasteiger partial charge in [-0.05, 0) is 12.1 Å². The number of carboxylic acid groups (broad SMARTS) is 1. The molecule has 0 unspecified atom stereocenters. The van der Waals surface area contributed by atoms with Crippen LogP contribution in [0.15, 0.2) is 30.3 Å². The average molecular weight is 214 g/mol. The summed E-state index contributed by atoms with van der Waals surface area (Å²) >= 11 is 0. The number of nitrogens with zero attached hydrogens (tertiary/aromatic N) is 1. The molecule has 2 heterocycles. The molecule has 4 heteroatoms. The molecule has 0 bridgehead atoms. The molecule has 0 aliphatic carbocycles. The zero-order valence-electron chi connectivity index (χ0n) is 8.69. The van der Waals surface area contributed by atoms with E-state index in [1.165, 1.54) is 0 Å². The van der Waals surface area contributed by atoms with E-state index < -0.39 is 5.97 Å². The van der Waals surface area contributed by atoms with Gasteiger partial charge in [0, 0.05) is 23.3 Å². The molecule has 4 nitrogen and oxygen atoms in total. The molecule has 0 spiro atoms. The highest BCUT2D eigenvalue weighted by Crippen LogP contribution is 2.28. The maximum absolute atomic E-state index is 10.9. The molecule has 0 fully saturated rings. The van der Waals surface area contributed by atoms with Crippen LogP contribution in [0.5, 0.6) is 0 Å². The quantitative estimate of drug-likeness (QED) is 0.653. The minimum atomic E-state index is -0.930. The number of para-hydroxylation sites is 1. The smallest absolute Gasteiger partial charge is 0.352 e. The van der Waals surface area contributed by atoms with Gasteiger partial charge in [-0.1, -0.05) is 18.2 Å². The van der Waals surface area contributed by atoms with Crippen molar-refractivity contribution in [2.75, 3.05) is 0 Å². The van der Waals surface area contributed by atoms with Crippen molar-refractivity contribution in [3.05, 3.63) is 36.0 Å². The zero-order valence-corrected chi connectivity index (χ0v) is 8.69. The van der Waals surface area contributed by atoms with Crippen molar-refractivity contribution < 1.29 is 9.90 Å². The molecule has 3 rings (SSSR count). The lowest BCUT2D eigenvalue weighted by Gasteiger charge is -1.96. The van der Waals surface area contributed by atoms with Crippen LogP contribution in [-0.2, 0) is 7.05 Å². The summed E-state index contributed by atoms with van der Waals surface area (Å²) in [5.41, 5.74) is 2.17. The number of benzene rings is 1. The Morgan fingerprint density at radius 3 is 2.81 bits per heavy atom. The highest BCUT2D eigenvalue weighted by Gasteiger charge is 2.13. The molecule has 0 saturated heterocycles. The summed E-state index contributed by atoms with van der Waals surface area (Å²) in [6.45, 7) is 0. The Bertz CT molecular complexity index is 706. The van der Waals surface area contributed by atoms with E-state index in [1.54, 1.807) is 6.07 Å². The highest BCUT2D eigenvalue weighted by atomic mass is 16.4. The van der Waals surface area contributed by atoms with Crippen LogP contribution in [0.4, 0.5) is 0 Å². The van der Waals surface area contributed by atoms with Gasteiger partial charge in [-0.15, -0.1) is 0 Å². The lowest BCUT2D eigenvalue weighted by Crippen LogP contribution is -1.96. The second-order valence-corrected chi connectivity index (χ2v) is 3.83. The number of aromatic carboxylic acids is 1. The first kappa shape index (κ1) is 9.03. The first-order valence-corrected chi connectivity index (χ1v) is 4.98. The summed E-state index contributed by atoms with van der Waals surface area (Å²) in [4.78, 5) is 13.8. The molecule has 0 saturated carbocycles. The number of carbonyl (C=O) groups is 1. The number of H-pyrrole nitrogens is 1. The van der Waals surface area contributed by atoms with Crippen molar-refractivity contribution in [3.8, 4) is 0 Å². The normalized spacial score (nSPS) is 11.3. The summed E-state index contributed by atoms with van der Waals surface area (Å²) in [6.07, 6.45) is 0. The fourth-order valence-electron chi connectivity index (χ4n) is 2.14. The number of carboxylic acids is 1. The molecule has 0 radical (unpaired) electrons. The largest absolute Gasteiger partial charge is 0.477 e. The third-order valence-corrected chi connectivity index (χ3v) is 2.92. The first-order chi connectivity index (χ1) is 7.68. The maximum Gasteiger partial charge on any atom is 0.352 e. The summed E-state index contributed by atoms with van der Waals surface area (Å²) in [7, 11) is 1.92. The van der Waals surface area contributed by atoms with Crippen LogP contribution in [0.2, 0.25) is 0 Å².